The molecule has 0 aliphatic heterocycles. The van der Waals surface area contributed by atoms with Crippen LogP contribution in [0.5, 0.6) is 0 Å². The highest BCUT2D eigenvalue weighted by atomic mass is 32.2. The van der Waals surface area contributed by atoms with Crippen LogP contribution in [0.2, 0.25) is 0 Å². The van der Waals surface area contributed by atoms with Crippen molar-refractivity contribution in [3.63, 3.8) is 0 Å². The number of nitro groups is 1. The van der Waals surface area contributed by atoms with Crippen LogP contribution in [0.25, 0.3) is 0 Å². The first-order chi connectivity index (χ1) is 10.9. The highest BCUT2D eigenvalue weighted by molar-refractivity contribution is 8.00. The van der Waals surface area contributed by atoms with Crippen molar-refractivity contribution in [1.29, 1.82) is 0 Å². The molecule has 0 aliphatic carbocycles. The van der Waals surface area contributed by atoms with Crippen molar-refractivity contribution < 1.29 is 9.72 Å². The maximum atomic E-state index is 12.3. The van der Waals surface area contributed by atoms with Gasteiger partial charge in [0, 0.05) is 22.7 Å². The molecule has 120 valence electrons. The van der Waals surface area contributed by atoms with Crippen molar-refractivity contribution in [2.75, 3.05) is 11.1 Å². The first-order valence-corrected chi connectivity index (χ1v) is 7.83. The zero-order chi connectivity index (χ0) is 17.0. The van der Waals surface area contributed by atoms with E-state index in [1.165, 1.54) is 23.9 Å². The molecule has 0 spiro atoms. The lowest BCUT2D eigenvalue weighted by Crippen LogP contribution is -2.22. The Bertz CT molecular complexity index is 732. The van der Waals surface area contributed by atoms with E-state index in [4.69, 9.17) is 5.73 Å². The lowest BCUT2D eigenvalue weighted by Gasteiger charge is -2.13. The molecule has 23 heavy (non-hydrogen) atoms. The number of hydrogen-bond donors (Lipinski definition) is 2. The molecule has 1 amide bonds. The lowest BCUT2D eigenvalue weighted by atomic mass is 10.2. The monoisotopic (exact) mass is 331 g/mol. The molecule has 2 aromatic rings. The van der Waals surface area contributed by atoms with Crippen molar-refractivity contribution in [2.24, 2.45) is 0 Å². The minimum atomic E-state index is -0.484. The van der Waals surface area contributed by atoms with E-state index >= 15 is 0 Å². The fraction of sp³-hybridized carbons (Fsp3) is 0.188. The van der Waals surface area contributed by atoms with Gasteiger partial charge in [-0.15, -0.1) is 11.8 Å². The van der Waals surface area contributed by atoms with Gasteiger partial charge in [0.2, 0.25) is 5.91 Å². The summed E-state index contributed by atoms with van der Waals surface area (Å²) >= 11 is 1.39. The molecule has 0 aromatic heterocycles. The number of nitrogens with two attached hydrogens (primary N) is 1. The predicted octanol–water partition coefficient (Wildman–Crippen LogP) is 3.60. The summed E-state index contributed by atoms with van der Waals surface area (Å²) in [5.74, 6) is -0.213. The van der Waals surface area contributed by atoms with Gasteiger partial charge in [0.05, 0.1) is 15.9 Å². The second kappa shape index (κ2) is 7.15. The number of aryl methyl sites for hydroxylation is 1. The number of benzene rings is 2. The van der Waals surface area contributed by atoms with Gasteiger partial charge in [-0.05, 0) is 43.7 Å². The number of rotatable bonds is 5. The first-order valence-electron chi connectivity index (χ1n) is 6.95. The zero-order valence-electron chi connectivity index (χ0n) is 12.8. The fourth-order valence-corrected chi connectivity index (χ4v) is 2.76. The summed E-state index contributed by atoms with van der Waals surface area (Å²) < 4.78 is 0. The van der Waals surface area contributed by atoms with E-state index in [1.54, 1.807) is 32.0 Å². The molecule has 0 saturated carbocycles. The number of nitrogens with zero attached hydrogens (tertiary/aromatic N) is 1. The summed E-state index contributed by atoms with van der Waals surface area (Å²) in [5, 5.41) is 13.2. The topological polar surface area (TPSA) is 98.3 Å². The molecular weight excluding hydrogens is 314 g/mol. The van der Waals surface area contributed by atoms with Gasteiger partial charge >= 0.3 is 0 Å². The molecule has 0 fully saturated rings. The molecule has 0 saturated heterocycles. The number of nitrogens with one attached hydrogen (secondary N) is 1. The van der Waals surface area contributed by atoms with E-state index in [-0.39, 0.29) is 16.8 Å². The number of carbonyl (C=O) groups excluding carboxylic acids is 1. The molecule has 0 aliphatic rings. The van der Waals surface area contributed by atoms with Gasteiger partial charge in [0.15, 0.2) is 0 Å². The summed E-state index contributed by atoms with van der Waals surface area (Å²) in [6, 6.07) is 11.6. The quantitative estimate of drug-likeness (QED) is 0.377. The Hall–Kier alpha value is -2.54. The van der Waals surface area contributed by atoms with Crippen LogP contribution in [0.4, 0.5) is 17.1 Å². The fourth-order valence-electron chi connectivity index (χ4n) is 1.90. The molecule has 1 unspecified atom stereocenters. The Labute approximate surface area is 138 Å². The number of anilines is 2. The van der Waals surface area contributed by atoms with Crippen LogP contribution < -0.4 is 11.1 Å². The van der Waals surface area contributed by atoms with Crippen LogP contribution in [-0.2, 0) is 4.79 Å². The number of nitro benzene ring substituents is 1. The minimum Gasteiger partial charge on any atom is -0.399 e. The predicted molar refractivity (Wildman–Crippen MR) is 92.6 cm³/mol. The molecule has 2 rings (SSSR count). The van der Waals surface area contributed by atoms with Crippen LogP contribution in [0.3, 0.4) is 0 Å². The molecule has 3 N–H and O–H groups in total. The van der Waals surface area contributed by atoms with E-state index in [0.717, 1.165) is 10.5 Å². The van der Waals surface area contributed by atoms with E-state index in [1.807, 2.05) is 12.1 Å². The molecule has 0 heterocycles. The van der Waals surface area contributed by atoms with Crippen LogP contribution in [0.1, 0.15) is 12.5 Å². The molecule has 0 radical (unpaired) electrons. The summed E-state index contributed by atoms with van der Waals surface area (Å²) in [5.41, 5.74) is 7.47. The lowest BCUT2D eigenvalue weighted by molar-refractivity contribution is -0.384. The van der Waals surface area contributed by atoms with E-state index < -0.39 is 4.92 Å². The van der Waals surface area contributed by atoms with Gasteiger partial charge in [-0.25, -0.2) is 0 Å². The van der Waals surface area contributed by atoms with Gasteiger partial charge in [-0.3, -0.25) is 14.9 Å². The maximum Gasteiger partial charge on any atom is 0.271 e. The number of carbonyl (C=O) groups is 1. The largest absolute Gasteiger partial charge is 0.399 e. The smallest absolute Gasteiger partial charge is 0.271 e. The van der Waals surface area contributed by atoms with Crippen LogP contribution in [-0.4, -0.2) is 16.1 Å². The third-order valence-corrected chi connectivity index (χ3v) is 4.36. The Morgan fingerprint density at radius 1 is 1.26 bits per heavy atom. The van der Waals surface area contributed by atoms with E-state index in [2.05, 4.69) is 5.32 Å². The summed E-state index contributed by atoms with van der Waals surface area (Å²) in [7, 11) is 0. The molecule has 2 aromatic carbocycles. The van der Waals surface area contributed by atoms with Crippen LogP contribution in [0.15, 0.2) is 47.4 Å². The average Bonchev–Trinajstić information content (AvgIpc) is 2.51. The maximum absolute atomic E-state index is 12.3. The minimum absolute atomic E-state index is 0.0512. The second-order valence-corrected chi connectivity index (χ2v) is 6.49. The molecular formula is C16H17N3O3S. The third-order valence-electron chi connectivity index (χ3n) is 3.25. The number of thioether (sulfide) groups is 1. The molecule has 0 bridgehead atoms. The highest BCUT2D eigenvalue weighted by Gasteiger charge is 2.17. The Morgan fingerprint density at radius 2 is 1.91 bits per heavy atom. The Kier molecular flexibility index (Phi) is 5.23. The Morgan fingerprint density at radius 3 is 2.52 bits per heavy atom. The standard InChI is InChI=1S/C16H17N3O3S/c1-10-3-6-13(19(21)22)9-15(10)18-16(20)11(2)23-14-7-4-12(17)5-8-14/h3-9,11H,17H2,1-2H3,(H,18,20). The summed E-state index contributed by atoms with van der Waals surface area (Å²) in [4.78, 5) is 23.6. The van der Waals surface area contributed by atoms with E-state index in [9.17, 15) is 14.9 Å². The normalized spacial score (nSPS) is 11.7. The van der Waals surface area contributed by atoms with Gasteiger partial charge in [-0.1, -0.05) is 6.07 Å². The highest BCUT2D eigenvalue weighted by Crippen LogP contribution is 2.26. The third kappa shape index (κ3) is 4.46. The van der Waals surface area contributed by atoms with E-state index in [0.29, 0.717) is 11.4 Å². The number of amides is 1. The van der Waals surface area contributed by atoms with Gasteiger partial charge in [-0.2, -0.15) is 0 Å². The van der Waals surface area contributed by atoms with Crippen LogP contribution >= 0.6 is 11.8 Å². The SMILES string of the molecule is Cc1ccc([N+](=O)[O-])cc1NC(=O)C(C)Sc1ccc(N)cc1. The summed E-state index contributed by atoms with van der Waals surface area (Å²) in [6.07, 6.45) is 0. The molecule has 6 nitrogen and oxygen atoms in total. The average molecular weight is 331 g/mol. The van der Waals surface area contributed by atoms with Crippen molar-refractivity contribution >= 4 is 34.7 Å². The second-order valence-electron chi connectivity index (χ2n) is 5.07. The zero-order valence-corrected chi connectivity index (χ0v) is 13.6. The van der Waals surface area contributed by atoms with Crippen molar-refractivity contribution in [1.82, 2.24) is 0 Å². The number of nitrogen functional groups attached to an aromatic ring is 1. The van der Waals surface area contributed by atoms with Crippen LogP contribution in [0, 0.1) is 17.0 Å². The van der Waals surface area contributed by atoms with Crippen molar-refractivity contribution in [3.8, 4) is 0 Å². The molecule has 1 atom stereocenters. The molecule has 7 heteroatoms. The van der Waals surface area contributed by atoms with Crippen molar-refractivity contribution in [2.45, 2.75) is 24.0 Å². The van der Waals surface area contributed by atoms with Gasteiger partial charge in [0.1, 0.15) is 0 Å². The first kappa shape index (κ1) is 16.8. The Balaban J connectivity index is 2.07. The van der Waals surface area contributed by atoms with Gasteiger partial charge < -0.3 is 11.1 Å². The van der Waals surface area contributed by atoms with Crippen molar-refractivity contribution in [3.05, 3.63) is 58.1 Å². The summed E-state index contributed by atoms with van der Waals surface area (Å²) in [6.45, 7) is 3.57. The number of hydrogen-bond acceptors (Lipinski definition) is 5. The van der Waals surface area contributed by atoms with Gasteiger partial charge in [0.25, 0.3) is 5.69 Å². The number of non-ortho nitro benzene ring substituents is 1.